The molecule has 1 aromatic carbocycles. The highest BCUT2D eigenvalue weighted by atomic mass is 35.5. The van der Waals surface area contributed by atoms with E-state index in [-0.39, 0.29) is 16.7 Å². The minimum absolute atomic E-state index is 0.0486. The molecule has 0 radical (unpaired) electrons. The predicted octanol–water partition coefficient (Wildman–Crippen LogP) is 2.75. The van der Waals surface area contributed by atoms with Crippen LogP contribution in [0.25, 0.3) is 0 Å². The normalized spacial score (nSPS) is 10.1. The fourth-order valence-electron chi connectivity index (χ4n) is 1.10. The van der Waals surface area contributed by atoms with Crippen molar-refractivity contribution in [1.29, 1.82) is 0 Å². The zero-order chi connectivity index (χ0) is 11.5. The molecule has 1 amide bonds. The summed E-state index contributed by atoms with van der Waals surface area (Å²) in [5.41, 5.74) is 0.373. The van der Waals surface area contributed by atoms with Gasteiger partial charge in [0.1, 0.15) is 5.75 Å². The molecule has 6 heteroatoms. The number of benzene rings is 1. The topological polar surface area (TPSA) is 62.2 Å². The molecule has 2 N–H and O–H groups in total. The Kier molecular flexibility index (Phi) is 3.07. The highest BCUT2D eigenvalue weighted by Gasteiger charge is 2.09. The molecular formula is C10H7ClN2O2S. The van der Waals surface area contributed by atoms with E-state index in [2.05, 4.69) is 10.3 Å². The highest BCUT2D eigenvalue weighted by molar-refractivity contribution is 7.13. The van der Waals surface area contributed by atoms with Crippen molar-refractivity contribution in [1.82, 2.24) is 4.98 Å². The first-order chi connectivity index (χ1) is 7.66. The minimum atomic E-state index is -0.308. The Morgan fingerprint density at radius 3 is 2.94 bits per heavy atom. The molecule has 0 saturated carbocycles. The first kappa shape index (κ1) is 10.9. The third-order valence-electron chi connectivity index (χ3n) is 1.86. The van der Waals surface area contributed by atoms with E-state index < -0.39 is 0 Å². The Hall–Kier alpha value is -1.59. The number of aromatic hydroxyl groups is 1. The molecule has 4 nitrogen and oxygen atoms in total. The average Bonchev–Trinajstić information content (AvgIpc) is 2.74. The summed E-state index contributed by atoms with van der Waals surface area (Å²) in [4.78, 5) is 15.6. The van der Waals surface area contributed by atoms with Crippen molar-refractivity contribution >= 4 is 34.0 Å². The van der Waals surface area contributed by atoms with E-state index in [1.165, 1.54) is 29.5 Å². The molecular weight excluding hydrogens is 248 g/mol. The largest absolute Gasteiger partial charge is 0.506 e. The molecule has 2 rings (SSSR count). The van der Waals surface area contributed by atoms with Crippen LogP contribution in [0.3, 0.4) is 0 Å². The number of phenols is 1. The summed E-state index contributed by atoms with van der Waals surface area (Å²) in [6, 6.07) is 4.27. The lowest BCUT2D eigenvalue weighted by Gasteiger charge is -2.02. The van der Waals surface area contributed by atoms with Crippen LogP contribution in [0.4, 0.5) is 5.13 Å². The Morgan fingerprint density at radius 2 is 2.31 bits per heavy atom. The number of nitrogens with zero attached hydrogens (tertiary/aromatic N) is 1. The van der Waals surface area contributed by atoms with Crippen molar-refractivity contribution in [3.8, 4) is 5.75 Å². The second-order valence-electron chi connectivity index (χ2n) is 2.96. The van der Waals surface area contributed by atoms with Gasteiger partial charge >= 0.3 is 0 Å². The van der Waals surface area contributed by atoms with Crippen molar-refractivity contribution in [3.05, 3.63) is 40.4 Å². The number of rotatable bonds is 2. The molecule has 0 aliphatic carbocycles. The third-order valence-corrected chi connectivity index (χ3v) is 2.85. The molecule has 16 heavy (non-hydrogen) atoms. The summed E-state index contributed by atoms with van der Waals surface area (Å²) >= 11 is 7.02. The van der Waals surface area contributed by atoms with E-state index in [4.69, 9.17) is 11.6 Å². The van der Waals surface area contributed by atoms with Gasteiger partial charge in [0.25, 0.3) is 5.91 Å². The molecule has 2 aromatic rings. The molecule has 0 spiro atoms. The maximum atomic E-state index is 11.7. The number of carbonyl (C=O) groups is 1. The standard InChI is InChI=1S/C10H7ClN2O2S/c11-7-5-6(1-2-8(7)14)9(15)13-10-12-3-4-16-10/h1-5,14H,(H,12,13,15). The fourth-order valence-corrected chi connectivity index (χ4v) is 1.81. The molecule has 1 aromatic heterocycles. The van der Waals surface area contributed by atoms with Crippen molar-refractivity contribution in [2.75, 3.05) is 5.32 Å². The van der Waals surface area contributed by atoms with Gasteiger partial charge in [-0.05, 0) is 18.2 Å². The van der Waals surface area contributed by atoms with Crippen LogP contribution in [0, 0.1) is 0 Å². The Bertz CT molecular complexity index is 514. The quantitative estimate of drug-likeness (QED) is 0.866. The summed E-state index contributed by atoms with van der Waals surface area (Å²) in [6.07, 6.45) is 1.60. The number of anilines is 1. The SMILES string of the molecule is O=C(Nc1nccs1)c1ccc(O)c(Cl)c1. The molecule has 0 fully saturated rings. The zero-order valence-electron chi connectivity index (χ0n) is 7.98. The number of hydrogen-bond acceptors (Lipinski definition) is 4. The summed E-state index contributed by atoms with van der Waals surface area (Å²) in [7, 11) is 0. The number of hydrogen-bond donors (Lipinski definition) is 2. The maximum absolute atomic E-state index is 11.7. The Balaban J connectivity index is 2.18. The zero-order valence-corrected chi connectivity index (χ0v) is 9.55. The lowest BCUT2D eigenvalue weighted by molar-refractivity contribution is 0.102. The van der Waals surface area contributed by atoms with Gasteiger partial charge in [-0.2, -0.15) is 0 Å². The van der Waals surface area contributed by atoms with Gasteiger partial charge in [-0.15, -0.1) is 11.3 Å². The highest BCUT2D eigenvalue weighted by Crippen LogP contribution is 2.24. The van der Waals surface area contributed by atoms with E-state index in [0.29, 0.717) is 10.7 Å². The minimum Gasteiger partial charge on any atom is -0.506 e. The van der Waals surface area contributed by atoms with Crippen LogP contribution in [0.5, 0.6) is 5.75 Å². The van der Waals surface area contributed by atoms with Crippen molar-refractivity contribution < 1.29 is 9.90 Å². The molecule has 0 saturated heterocycles. The van der Waals surface area contributed by atoms with Crippen LogP contribution in [-0.4, -0.2) is 16.0 Å². The Labute approximate surface area is 101 Å². The van der Waals surface area contributed by atoms with Crippen LogP contribution >= 0.6 is 22.9 Å². The van der Waals surface area contributed by atoms with E-state index in [1.54, 1.807) is 11.6 Å². The van der Waals surface area contributed by atoms with E-state index in [9.17, 15) is 9.90 Å². The van der Waals surface area contributed by atoms with Gasteiger partial charge in [0, 0.05) is 17.1 Å². The van der Waals surface area contributed by atoms with Crippen molar-refractivity contribution in [2.45, 2.75) is 0 Å². The summed E-state index contributed by atoms with van der Waals surface area (Å²) < 4.78 is 0. The third kappa shape index (κ3) is 2.32. The summed E-state index contributed by atoms with van der Waals surface area (Å²) in [6.45, 7) is 0. The lowest BCUT2D eigenvalue weighted by Crippen LogP contribution is -2.11. The van der Waals surface area contributed by atoms with Gasteiger partial charge in [0.2, 0.25) is 0 Å². The van der Waals surface area contributed by atoms with Crippen LogP contribution in [0.2, 0.25) is 5.02 Å². The van der Waals surface area contributed by atoms with Gasteiger partial charge in [-0.1, -0.05) is 11.6 Å². The van der Waals surface area contributed by atoms with E-state index in [1.807, 2.05) is 0 Å². The van der Waals surface area contributed by atoms with Gasteiger partial charge in [-0.25, -0.2) is 4.98 Å². The van der Waals surface area contributed by atoms with Gasteiger partial charge < -0.3 is 5.11 Å². The van der Waals surface area contributed by atoms with Crippen LogP contribution in [0.1, 0.15) is 10.4 Å². The first-order valence-electron chi connectivity index (χ1n) is 4.36. The fraction of sp³-hybridized carbons (Fsp3) is 0. The smallest absolute Gasteiger partial charge is 0.257 e. The molecule has 1 heterocycles. The van der Waals surface area contributed by atoms with Crippen LogP contribution in [-0.2, 0) is 0 Å². The molecule has 0 atom stereocenters. The molecule has 0 bridgehead atoms. The number of thiazole rings is 1. The van der Waals surface area contributed by atoms with Gasteiger partial charge in [-0.3, -0.25) is 10.1 Å². The molecule has 0 unspecified atom stereocenters. The lowest BCUT2D eigenvalue weighted by atomic mass is 10.2. The van der Waals surface area contributed by atoms with Gasteiger partial charge in [0.05, 0.1) is 5.02 Å². The Morgan fingerprint density at radius 1 is 1.50 bits per heavy atom. The predicted molar refractivity (Wildman–Crippen MR) is 63.2 cm³/mol. The van der Waals surface area contributed by atoms with Crippen LogP contribution < -0.4 is 5.32 Å². The van der Waals surface area contributed by atoms with Gasteiger partial charge in [0.15, 0.2) is 5.13 Å². The molecule has 0 aliphatic rings. The van der Waals surface area contributed by atoms with E-state index in [0.717, 1.165) is 0 Å². The van der Waals surface area contributed by atoms with Crippen molar-refractivity contribution in [3.63, 3.8) is 0 Å². The summed E-state index contributed by atoms with van der Waals surface area (Å²) in [5.74, 6) is -0.357. The first-order valence-corrected chi connectivity index (χ1v) is 5.62. The summed E-state index contributed by atoms with van der Waals surface area (Å²) in [5, 5.41) is 14.3. The number of phenolic OH excluding ortho intramolecular Hbond substituents is 1. The van der Waals surface area contributed by atoms with E-state index >= 15 is 0 Å². The second kappa shape index (κ2) is 4.51. The van der Waals surface area contributed by atoms with Crippen molar-refractivity contribution in [2.24, 2.45) is 0 Å². The second-order valence-corrected chi connectivity index (χ2v) is 4.26. The number of halogens is 1. The number of nitrogens with one attached hydrogen (secondary N) is 1. The number of amides is 1. The molecule has 82 valence electrons. The molecule has 0 aliphatic heterocycles. The maximum Gasteiger partial charge on any atom is 0.257 e. The number of carbonyl (C=O) groups excluding carboxylic acids is 1. The monoisotopic (exact) mass is 254 g/mol. The average molecular weight is 255 g/mol. The number of aromatic nitrogens is 1. The van der Waals surface area contributed by atoms with Crippen LogP contribution in [0.15, 0.2) is 29.8 Å².